The van der Waals surface area contributed by atoms with Gasteiger partial charge >= 0.3 is 0 Å². The Hall–Kier alpha value is -0.760. The second kappa shape index (κ2) is 3.58. The van der Waals surface area contributed by atoms with Crippen LogP contribution in [-0.4, -0.2) is 0 Å². The zero-order valence-corrected chi connectivity index (χ0v) is 7.08. The van der Waals surface area contributed by atoms with E-state index in [4.69, 9.17) is 10.2 Å². The zero-order chi connectivity index (χ0) is 8.27. The van der Waals surface area contributed by atoms with Crippen molar-refractivity contribution >= 4 is 0 Å². The van der Waals surface area contributed by atoms with Crippen molar-refractivity contribution in [3.05, 3.63) is 24.2 Å². The van der Waals surface area contributed by atoms with Crippen LogP contribution in [0.15, 0.2) is 23.0 Å². The summed E-state index contributed by atoms with van der Waals surface area (Å²) in [6.07, 6.45) is 4.39. The highest BCUT2D eigenvalue weighted by atomic mass is 16.3. The molecule has 0 bridgehead atoms. The molecule has 0 aliphatic rings. The van der Waals surface area contributed by atoms with Gasteiger partial charge in [0.25, 0.3) is 0 Å². The van der Waals surface area contributed by atoms with Crippen LogP contribution in [0.4, 0.5) is 0 Å². The predicted molar refractivity (Wildman–Crippen MR) is 45.1 cm³/mol. The van der Waals surface area contributed by atoms with Crippen LogP contribution >= 0.6 is 0 Å². The van der Waals surface area contributed by atoms with Gasteiger partial charge in [-0.05, 0) is 18.4 Å². The molecule has 0 aliphatic carbocycles. The molecule has 0 spiro atoms. The van der Waals surface area contributed by atoms with Crippen LogP contribution in [0.5, 0.6) is 0 Å². The van der Waals surface area contributed by atoms with Gasteiger partial charge < -0.3 is 10.2 Å². The van der Waals surface area contributed by atoms with Crippen LogP contribution in [0.1, 0.15) is 31.9 Å². The Balaban J connectivity index is 2.49. The molecule has 62 valence electrons. The maximum atomic E-state index is 5.88. The highest BCUT2D eigenvalue weighted by molar-refractivity contribution is 5.10. The molecule has 1 aromatic rings. The van der Waals surface area contributed by atoms with Crippen molar-refractivity contribution in [2.75, 3.05) is 0 Å². The Labute approximate surface area is 67.4 Å². The first-order valence-electron chi connectivity index (χ1n) is 3.98. The Morgan fingerprint density at radius 1 is 1.55 bits per heavy atom. The van der Waals surface area contributed by atoms with Crippen LogP contribution in [-0.2, 0) is 0 Å². The molecule has 0 amide bonds. The Kier molecular flexibility index (Phi) is 2.71. The molecule has 0 fully saturated rings. The van der Waals surface area contributed by atoms with E-state index in [0.29, 0.717) is 5.92 Å². The second-order valence-electron chi connectivity index (χ2n) is 3.29. The molecule has 0 aromatic carbocycles. The van der Waals surface area contributed by atoms with Crippen molar-refractivity contribution in [2.24, 2.45) is 11.7 Å². The van der Waals surface area contributed by atoms with Crippen molar-refractivity contribution in [1.29, 1.82) is 0 Å². The molecule has 1 heterocycles. The third-order valence-corrected chi connectivity index (χ3v) is 1.70. The molecule has 0 aliphatic heterocycles. The number of hydrogen-bond acceptors (Lipinski definition) is 2. The van der Waals surface area contributed by atoms with E-state index in [1.165, 1.54) is 0 Å². The molecule has 1 aromatic heterocycles. The van der Waals surface area contributed by atoms with Gasteiger partial charge in [-0.1, -0.05) is 13.8 Å². The summed E-state index contributed by atoms with van der Waals surface area (Å²) in [5, 5.41) is 0. The van der Waals surface area contributed by atoms with Gasteiger partial charge in [0.15, 0.2) is 0 Å². The zero-order valence-electron chi connectivity index (χ0n) is 7.08. The fraction of sp³-hybridized carbons (Fsp3) is 0.556. The summed E-state index contributed by atoms with van der Waals surface area (Å²) in [5.74, 6) is 0.639. The van der Waals surface area contributed by atoms with Crippen LogP contribution in [0, 0.1) is 5.92 Å². The smallest absolute Gasteiger partial charge is 0.0950 e. The van der Waals surface area contributed by atoms with Crippen molar-refractivity contribution in [3.63, 3.8) is 0 Å². The summed E-state index contributed by atoms with van der Waals surface area (Å²) in [4.78, 5) is 0. The Morgan fingerprint density at radius 3 is 2.73 bits per heavy atom. The molecule has 2 N–H and O–H groups in total. The first-order valence-corrected chi connectivity index (χ1v) is 3.98. The molecule has 2 nitrogen and oxygen atoms in total. The molecular weight excluding hydrogens is 138 g/mol. The molecule has 0 saturated carbocycles. The van der Waals surface area contributed by atoms with Crippen LogP contribution in [0.2, 0.25) is 0 Å². The SMILES string of the molecule is CC(C)C[C@H](N)c1ccoc1. The van der Waals surface area contributed by atoms with Crippen molar-refractivity contribution < 1.29 is 4.42 Å². The fourth-order valence-electron chi connectivity index (χ4n) is 1.13. The summed E-state index contributed by atoms with van der Waals surface area (Å²) in [5.41, 5.74) is 6.98. The molecule has 0 radical (unpaired) electrons. The quantitative estimate of drug-likeness (QED) is 0.723. The fourth-order valence-corrected chi connectivity index (χ4v) is 1.13. The van der Waals surface area contributed by atoms with Crippen molar-refractivity contribution in [1.82, 2.24) is 0 Å². The van der Waals surface area contributed by atoms with Crippen molar-refractivity contribution in [2.45, 2.75) is 26.3 Å². The lowest BCUT2D eigenvalue weighted by Gasteiger charge is -2.11. The Bertz CT molecular complexity index is 191. The summed E-state index contributed by atoms with van der Waals surface area (Å²) < 4.78 is 4.94. The van der Waals surface area contributed by atoms with E-state index in [2.05, 4.69) is 13.8 Å². The van der Waals surface area contributed by atoms with Gasteiger partial charge in [-0.3, -0.25) is 0 Å². The summed E-state index contributed by atoms with van der Waals surface area (Å²) >= 11 is 0. The Morgan fingerprint density at radius 2 is 2.27 bits per heavy atom. The normalized spacial score (nSPS) is 13.8. The van der Waals surface area contributed by atoms with E-state index in [1.807, 2.05) is 6.07 Å². The van der Waals surface area contributed by atoms with Gasteiger partial charge in [0, 0.05) is 11.6 Å². The van der Waals surface area contributed by atoms with Gasteiger partial charge in [-0.25, -0.2) is 0 Å². The predicted octanol–water partition coefficient (Wildman–Crippen LogP) is 2.33. The highest BCUT2D eigenvalue weighted by Gasteiger charge is 2.08. The van der Waals surface area contributed by atoms with Gasteiger partial charge in [0.1, 0.15) is 0 Å². The molecule has 0 unspecified atom stereocenters. The second-order valence-corrected chi connectivity index (χ2v) is 3.29. The minimum absolute atomic E-state index is 0.133. The minimum atomic E-state index is 0.133. The molecule has 2 heteroatoms. The van der Waals surface area contributed by atoms with E-state index in [9.17, 15) is 0 Å². The molecule has 1 rings (SSSR count). The molecule has 11 heavy (non-hydrogen) atoms. The third-order valence-electron chi connectivity index (χ3n) is 1.70. The maximum absolute atomic E-state index is 5.88. The summed E-state index contributed by atoms with van der Waals surface area (Å²) in [6, 6.07) is 2.06. The first kappa shape index (κ1) is 8.34. The van der Waals surface area contributed by atoms with E-state index < -0.39 is 0 Å². The first-order chi connectivity index (χ1) is 5.20. The van der Waals surface area contributed by atoms with Gasteiger partial charge in [0.05, 0.1) is 12.5 Å². The summed E-state index contributed by atoms with van der Waals surface area (Å²) in [6.45, 7) is 4.33. The van der Waals surface area contributed by atoms with E-state index in [1.54, 1.807) is 12.5 Å². The standard InChI is InChI=1S/C9H15NO/c1-7(2)5-9(10)8-3-4-11-6-8/h3-4,6-7,9H,5,10H2,1-2H3/t9-/m0/s1. The van der Waals surface area contributed by atoms with Crippen molar-refractivity contribution in [3.8, 4) is 0 Å². The van der Waals surface area contributed by atoms with E-state index in [0.717, 1.165) is 12.0 Å². The maximum Gasteiger partial charge on any atom is 0.0950 e. The number of hydrogen-bond donors (Lipinski definition) is 1. The van der Waals surface area contributed by atoms with Crippen LogP contribution in [0.25, 0.3) is 0 Å². The third kappa shape index (κ3) is 2.39. The molecule has 0 saturated heterocycles. The highest BCUT2D eigenvalue weighted by Crippen LogP contribution is 2.18. The van der Waals surface area contributed by atoms with E-state index in [-0.39, 0.29) is 6.04 Å². The topological polar surface area (TPSA) is 39.2 Å². The lowest BCUT2D eigenvalue weighted by atomic mass is 10.0. The summed E-state index contributed by atoms with van der Waals surface area (Å²) in [7, 11) is 0. The van der Waals surface area contributed by atoms with Gasteiger partial charge in [-0.15, -0.1) is 0 Å². The lowest BCUT2D eigenvalue weighted by Crippen LogP contribution is -2.11. The molecule has 1 atom stereocenters. The number of nitrogens with two attached hydrogens (primary N) is 1. The van der Waals surface area contributed by atoms with Crippen LogP contribution in [0.3, 0.4) is 0 Å². The van der Waals surface area contributed by atoms with E-state index >= 15 is 0 Å². The van der Waals surface area contributed by atoms with Gasteiger partial charge in [-0.2, -0.15) is 0 Å². The minimum Gasteiger partial charge on any atom is -0.472 e. The largest absolute Gasteiger partial charge is 0.472 e. The van der Waals surface area contributed by atoms with Gasteiger partial charge in [0.2, 0.25) is 0 Å². The lowest BCUT2D eigenvalue weighted by molar-refractivity contribution is 0.500. The molecular formula is C9H15NO. The monoisotopic (exact) mass is 153 g/mol. The average molecular weight is 153 g/mol. The number of furan rings is 1. The van der Waals surface area contributed by atoms with Crippen LogP contribution < -0.4 is 5.73 Å². The average Bonchev–Trinajstić information content (AvgIpc) is 2.35. The number of rotatable bonds is 3.